The van der Waals surface area contributed by atoms with Crippen molar-refractivity contribution < 1.29 is 37.0 Å². The number of benzene rings is 3. The molecule has 0 radical (unpaired) electrons. The summed E-state index contributed by atoms with van der Waals surface area (Å²) in [5.41, 5.74) is 2.01. The number of alkyl halides is 3. The van der Waals surface area contributed by atoms with Crippen LogP contribution in [0.25, 0.3) is 0 Å². The minimum Gasteiger partial charge on any atom is -0.494 e. The molecule has 0 aromatic heterocycles. The fraction of sp³-hybridized carbons (Fsp3) is 0.185. The predicted molar refractivity (Wildman–Crippen MR) is 144 cm³/mol. The Morgan fingerprint density at radius 2 is 1.68 bits per heavy atom. The smallest absolute Gasteiger partial charge is 0.416 e. The van der Waals surface area contributed by atoms with Crippen molar-refractivity contribution in [2.24, 2.45) is 5.10 Å². The van der Waals surface area contributed by atoms with Gasteiger partial charge in [-0.15, -0.1) is 0 Å². The van der Waals surface area contributed by atoms with Crippen LogP contribution in [0.3, 0.4) is 0 Å². The standard InChI is InChI=1S/C27H24ClF3N4O5/c1-2-12-39-21-9-7-19(8-10-21)34-25(37)26(38)35-32-15-17-6-11-23(22(28)13-17)40-16-24(36)33-20-5-3-4-18(14-20)27(29,30)31/h3-11,13-15H,2,12,16H2,1H3,(H,33,36)(H,34,37)(H,35,38)/b32-15-. The molecule has 0 spiro atoms. The first-order chi connectivity index (χ1) is 19.0. The Bertz CT molecular complexity index is 1380. The number of nitrogens with one attached hydrogen (secondary N) is 3. The first kappa shape index (κ1) is 30.0. The van der Waals surface area contributed by atoms with Crippen LogP contribution in [0.5, 0.6) is 11.5 Å². The van der Waals surface area contributed by atoms with Crippen LogP contribution in [0.2, 0.25) is 5.02 Å². The fourth-order valence-corrected chi connectivity index (χ4v) is 3.33. The number of hydrogen-bond acceptors (Lipinski definition) is 6. The predicted octanol–water partition coefficient (Wildman–Crippen LogP) is 5.25. The van der Waals surface area contributed by atoms with Gasteiger partial charge in [-0.3, -0.25) is 14.4 Å². The molecule has 0 unspecified atom stereocenters. The van der Waals surface area contributed by atoms with E-state index >= 15 is 0 Å². The van der Waals surface area contributed by atoms with Crippen LogP contribution in [-0.2, 0) is 20.6 Å². The molecular weight excluding hydrogens is 553 g/mol. The molecule has 0 aliphatic carbocycles. The number of carbonyl (C=O) groups is 3. The Morgan fingerprint density at radius 3 is 2.35 bits per heavy atom. The van der Waals surface area contributed by atoms with Gasteiger partial charge < -0.3 is 20.1 Å². The lowest BCUT2D eigenvalue weighted by molar-refractivity contribution is -0.137. The van der Waals surface area contributed by atoms with Crippen molar-refractivity contribution in [2.45, 2.75) is 19.5 Å². The average Bonchev–Trinajstić information content (AvgIpc) is 2.91. The third kappa shape index (κ3) is 9.31. The normalized spacial score (nSPS) is 11.1. The maximum absolute atomic E-state index is 12.8. The summed E-state index contributed by atoms with van der Waals surface area (Å²) in [6.45, 7) is 2.04. The van der Waals surface area contributed by atoms with Crippen molar-refractivity contribution in [1.82, 2.24) is 5.43 Å². The van der Waals surface area contributed by atoms with Gasteiger partial charge in [0.25, 0.3) is 5.91 Å². The molecule has 3 rings (SSSR count). The van der Waals surface area contributed by atoms with Gasteiger partial charge in [0.05, 0.1) is 23.4 Å². The molecule has 13 heteroatoms. The number of hydrogen-bond donors (Lipinski definition) is 3. The Balaban J connectivity index is 1.46. The van der Waals surface area contributed by atoms with Gasteiger partial charge >= 0.3 is 18.0 Å². The second kappa shape index (κ2) is 14.0. The summed E-state index contributed by atoms with van der Waals surface area (Å²) in [4.78, 5) is 36.2. The summed E-state index contributed by atoms with van der Waals surface area (Å²) in [5, 5.41) is 8.58. The van der Waals surface area contributed by atoms with Crippen LogP contribution in [0, 0.1) is 0 Å². The van der Waals surface area contributed by atoms with Gasteiger partial charge in [-0.2, -0.15) is 18.3 Å². The van der Waals surface area contributed by atoms with Gasteiger partial charge in [0.15, 0.2) is 6.61 Å². The van der Waals surface area contributed by atoms with E-state index in [0.717, 1.165) is 18.6 Å². The maximum atomic E-state index is 12.8. The summed E-state index contributed by atoms with van der Waals surface area (Å²) >= 11 is 6.16. The van der Waals surface area contributed by atoms with E-state index in [1.807, 2.05) is 6.92 Å². The number of rotatable bonds is 10. The summed E-state index contributed by atoms with van der Waals surface area (Å²) in [7, 11) is 0. The van der Waals surface area contributed by atoms with Crippen LogP contribution < -0.4 is 25.5 Å². The second-order valence-corrected chi connectivity index (χ2v) is 8.54. The molecule has 3 aromatic carbocycles. The molecule has 0 bridgehead atoms. The first-order valence-corrected chi connectivity index (χ1v) is 12.2. The zero-order valence-corrected chi connectivity index (χ0v) is 21.8. The van der Waals surface area contributed by atoms with E-state index in [-0.39, 0.29) is 16.5 Å². The molecule has 0 aliphatic rings. The molecule has 0 fully saturated rings. The SMILES string of the molecule is CCCOc1ccc(NC(=O)C(=O)N/N=C\c2ccc(OCC(=O)Nc3cccc(C(F)(F)F)c3)c(Cl)c2)cc1. The van der Waals surface area contributed by atoms with Crippen molar-refractivity contribution in [3.8, 4) is 11.5 Å². The van der Waals surface area contributed by atoms with E-state index in [0.29, 0.717) is 23.6 Å². The Kier molecular flexibility index (Phi) is 10.5. The molecule has 210 valence electrons. The van der Waals surface area contributed by atoms with Gasteiger partial charge in [0.2, 0.25) is 0 Å². The van der Waals surface area contributed by atoms with E-state index in [4.69, 9.17) is 21.1 Å². The zero-order valence-electron chi connectivity index (χ0n) is 21.0. The fourth-order valence-electron chi connectivity index (χ4n) is 3.09. The van der Waals surface area contributed by atoms with Crippen LogP contribution in [0.4, 0.5) is 24.5 Å². The topological polar surface area (TPSA) is 118 Å². The molecule has 0 heterocycles. The first-order valence-electron chi connectivity index (χ1n) is 11.8. The van der Waals surface area contributed by atoms with Crippen molar-refractivity contribution in [1.29, 1.82) is 0 Å². The average molecular weight is 577 g/mol. The molecule has 0 saturated heterocycles. The van der Waals surface area contributed by atoms with Crippen LogP contribution in [0.1, 0.15) is 24.5 Å². The molecule has 0 aliphatic heterocycles. The number of nitrogens with zero attached hydrogens (tertiary/aromatic N) is 1. The minimum atomic E-state index is -4.54. The van der Waals surface area contributed by atoms with Gasteiger partial charge in [-0.05, 0) is 72.6 Å². The molecule has 3 N–H and O–H groups in total. The highest BCUT2D eigenvalue weighted by Gasteiger charge is 2.30. The van der Waals surface area contributed by atoms with Crippen LogP contribution in [-0.4, -0.2) is 37.1 Å². The zero-order chi connectivity index (χ0) is 29.1. The number of halogens is 4. The highest BCUT2D eigenvalue weighted by molar-refractivity contribution is 6.39. The summed E-state index contributed by atoms with van der Waals surface area (Å²) < 4.78 is 49.3. The van der Waals surface area contributed by atoms with E-state index < -0.39 is 36.1 Å². The van der Waals surface area contributed by atoms with Crippen LogP contribution in [0.15, 0.2) is 71.8 Å². The van der Waals surface area contributed by atoms with Crippen molar-refractivity contribution in [3.05, 3.63) is 82.9 Å². The van der Waals surface area contributed by atoms with Crippen molar-refractivity contribution in [3.63, 3.8) is 0 Å². The van der Waals surface area contributed by atoms with Gasteiger partial charge in [0.1, 0.15) is 11.5 Å². The van der Waals surface area contributed by atoms with E-state index in [1.165, 1.54) is 36.5 Å². The lowest BCUT2D eigenvalue weighted by Crippen LogP contribution is -2.32. The summed E-state index contributed by atoms with van der Waals surface area (Å²) in [6.07, 6.45) is -2.44. The highest BCUT2D eigenvalue weighted by atomic mass is 35.5. The Morgan fingerprint density at radius 1 is 0.925 bits per heavy atom. The maximum Gasteiger partial charge on any atom is 0.416 e. The number of carbonyl (C=O) groups excluding carboxylic acids is 3. The lowest BCUT2D eigenvalue weighted by Gasteiger charge is -2.11. The largest absolute Gasteiger partial charge is 0.494 e. The van der Waals surface area contributed by atoms with E-state index in [2.05, 4.69) is 21.2 Å². The Labute approximate surface area is 232 Å². The van der Waals surface area contributed by atoms with Crippen molar-refractivity contribution in [2.75, 3.05) is 23.8 Å². The molecule has 9 nitrogen and oxygen atoms in total. The molecule has 0 saturated carbocycles. The Hall–Kier alpha value is -4.58. The second-order valence-electron chi connectivity index (χ2n) is 8.13. The third-order valence-corrected chi connectivity index (χ3v) is 5.25. The monoisotopic (exact) mass is 576 g/mol. The number of hydrazone groups is 1. The third-order valence-electron chi connectivity index (χ3n) is 4.96. The summed E-state index contributed by atoms with van der Waals surface area (Å²) in [5.74, 6) is -1.84. The van der Waals surface area contributed by atoms with Gasteiger partial charge in [-0.1, -0.05) is 24.6 Å². The number of anilines is 2. The van der Waals surface area contributed by atoms with Gasteiger partial charge in [0, 0.05) is 11.4 Å². The lowest BCUT2D eigenvalue weighted by atomic mass is 10.2. The van der Waals surface area contributed by atoms with E-state index in [9.17, 15) is 27.6 Å². The number of ether oxygens (including phenoxy) is 2. The molecule has 3 aromatic rings. The van der Waals surface area contributed by atoms with Crippen molar-refractivity contribution >= 4 is 46.9 Å². The highest BCUT2D eigenvalue weighted by Crippen LogP contribution is 2.30. The number of amides is 3. The molecule has 0 atom stereocenters. The minimum absolute atomic E-state index is 0.0354. The van der Waals surface area contributed by atoms with Crippen LogP contribution >= 0.6 is 11.6 Å². The molecule has 40 heavy (non-hydrogen) atoms. The van der Waals surface area contributed by atoms with E-state index in [1.54, 1.807) is 24.3 Å². The van der Waals surface area contributed by atoms with Gasteiger partial charge in [-0.25, -0.2) is 5.43 Å². The molecular formula is C27H24ClF3N4O5. The summed E-state index contributed by atoms with van der Waals surface area (Å²) in [6, 6.07) is 15.1. The molecule has 3 amide bonds. The quantitative estimate of drug-likeness (QED) is 0.173.